The Kier molecular flexibility index (Phi) is 5.05. The Morgan fingerprint density at radius 1 is 1.26 bits per heavy atom. The van der Waals surface area contributed by atoms with E-state index >= 15 is 0 Å². The van der Waals surface area contributed by atoms with Gasteiger partial charge in [0.25, 0.3) is 0 Å². The number of Topliss-reactive ketones (excluding diaryl/α,β-unsaturated/α-hetero) is 1. The number of ketones is 1. The summed E-state index contributed by atoms with van der Waals surface area (Å²) in [5.74, 6) is -0.0946. The van der Waals surface area contributed by atoms with E-state index in [1.807, 2.05) is 0 Å². The molecule has 2 rings (SSSR count). The summed E-state index contributed by atoms with van der Waals surface area (Å²) in [4.78, 5) is 19.4. The third-order valence-corrected chi connectivity index (χ3v) is 3.03. The molecule has 0 radical (unpaired) electrons. The van der Waals surface area contributed by atoms with Gasteiger partial charge in [-0.2, -0.15) is 18.2 Å². The van der Waals surface area contributed by atoms with Crippen molar-refractivity contribution in [2.24, 2.45) is 0 Å². The lowest BCUT2D eigenvalue weighted by Gasteiger charge is -2.09. The van der Waals surface area contributed by atoms with Crippen LogP contribution >= 0.6 is 11.6 Å². The van der Waals surface area contributed by atoms with Crippen LogP contribution < -0.4 is 11.1 Å². The highest BCUT2D eigenvalue weighted by atomic mass is 35.5. The number of carbonyl (C=O) groups excluding carboxylic acids is 1. The van der Waals surface area contributed by atoms with Crippen LogP contribution in [0.1, 0.15) is 11.1 Å². The van der Waals surface area contributed by atoms with Gasteiger partial charge < -0.3 is 11.1 Å². The predicted octanol–water partition coefficient (Wildman–Crippen LogP) is 2.95. The molecule has 0 amide bonds. The van der Waals surface area contributed by atoms with Gasteiger partial charge in [-0.25, -0.2) is 4.98 Å². The topological polar surface area (TPSA) is 80.9 Å². The second-order valence-corrected chi connectivity index (χ2v) is 5.09. The first kappa shape index (κ1) is 17.0. The monoisotopic (exact) mass is 344 g/mol. The number of anilines is 2. The fraction of sp³-hybridized carbons (Fsp3) is 0.214. The zero-order valence-corrected chi connectivity index (χ0v) is 12.4. The predicted molar refractivity (Wildman–Crippen MR) is 80.1 cm³/mol. The number of hydrogen-bond donors (Lipinski definition) is 2. The average Bonchev–Trinajstić information content (AvgIpc) is 2.43. The van der Waals surface area contributed by atoms with Gasteiger partial charge in [0.05, 0.1) is 12.1 Å². The smallest absolute Gasteiger partial charge is 0.368 e. The molecule has 0 atom stereocenters. The summed E-state index contributed by atoms with van der Waals surface area (Å²) < 4.78 is 37.8. The molecule has 3 N–H and O–H groups in total. The van der Waals surface area contributed by atoms with Crippen LogP contribution in [-0.4, -0.2) is 22.3 Å². The van der Waals surface area contributed by atoms with Crippen LogP contribution in [0, 0.1) is 0 Å². The molecule has 0 aliphatic carbocycles. The Morgan fingerprint density at radius 2 is 2.00 bits per heavy atom. The number of nitrogens with two attached hydrogens (primary N) is 1. The molecule has 0 bridgehead atoms. The Labute approximate surface area is 134 Å². The summed E-state index contributed by atoms with van der Waals surface area (Å²) in [6.07, 6.45) is -4.57. The van der Waals surface area contributed by atoms with Crippen molar-refractivity contribution in [1.82, 2.24) is 9.97 Å². The second-order valence-electron chi connectivity index (χ2n) is 4.70. The minimum absolute atomic E-state index is 0.0506. The summed E-state index contributed by atoms with van der Waals surface area (Å²) in [5, 5.41) is 2.82. The molecule has 23 heavy (non-hydrogen) atoms. The van der Waals surface area contributed by atoms with Crippen LogP contribution in [0.5, 0.6) is 0 Å². The highest BCUT2D eigenvalue weighted by molar-refractivity contribution is 6.29. The molecule has 0 unspecified atom stereocenters. The third kappa shape index (κ3) is 5.10. The lowest BCUT2D eigenvalue weighted by molar-refractivity contribution is -0.137. The Hall–Kier alpha value is -2.35. The van der Waals surface area contributed by atoms with Crippen molar-refractivity contribution in [2.45, 2.75) is 12.6 Å². The number of nitrogen functional groups attached to an aromatic ring is 1. The maximum Gasteiger partial charge on any atom is 0.416 e. The Morgan fingerprint density at radius 3 is 2.65 bits per heavy atom. The van der Waals surface area contributed by atoms with Gasteiger partial charge in [0.1, 0.15) is 11.0 Å². The van der Waals surface area contributed by atoms with Crippen molar-refractivity contribution in [3.05, 3.63) is 46.6 Å². The lowest BCUT2D eigenvalue weighted by atomic mass is 10.1. The molecule has 9 heteroatoms. The van der Waals surface area contributed by atoms with Gasteiger partial charge in [0, 0.05) is 12.5 Å². The van der Waals surface area contributed by atoms with Crippen molar-refractivity contribution in [3.8, 4) is 0 Å². The number of hydrogen-bond acceptors (Lipinski definition) is 5. The van der Waals surface area contributed by atoms with Crippen molar-refractivity contribution < 1.29 is 18.0 Å². The molecule has 0 fully saturated rings. The number of rotatable bonds is 5. The minimum atomic E-state index is -4.44. The Balaban J connectivity index is 1.97. The Bertz CT molecular complexity index is 701. The SMILES string of the molecule is Nc1nc(Cl)cc(NCC(=O)Cc2cccc(C(F)(F)F)c2)n1. The van der Waals surface area contributed by atoms with Gasteiger partial charge in [-0.1, -0.05) is 29.8 Å². The number of nitrogens with zero attached hydrogens (tertiary/aromatic N) is 2. The number of alkyl halides is 3. The molecule has 1 aromatic carbocycles. The van der Waals surface area contributed by atoms with Crippen LogP contribution in [0.4, 0.5) is 24.9 Å². The van der Waals surface area contributed by atoms with Gasteiger partial charge in [0.15, 0.2) is 5.78 Å². The van der Waals surface area contributed by atoms with Crippen molar-refractivity contribution in [2.75, 3.05) is 17.6 Å². The van der Waals surface area contributed by atoms with Crippen molar-refractivity contribution in [1.29, 1.82) is 0 Å². The first-order valence-corrected chi connectivity index (χ1v) is 6.83. The van der Waals surface area contributed by atoms with Gasteiger partial charge >= 0.3 is 6.18 Å². The third-order valence-electron chi connectivity index (χ3n) is 2.83. The van der Waals surface area contributed by atoms with Gasteiger partial charge in [-0.3, -0.25) is 4.79 Å². The van der Waals surface area contributed by atoms with Crippen molar-refractivity contribution >= 4 is 29.2 Å². The van der Waals surface area contributed by atoms with Gasteiger partial charge in [-0.05, 0) is 11.6 Å². The van der Waals surface area contributed by atoms with Crippen LogP contribution in [0.3, 0.4) is 0 Å². The van der Waals surface area contributed by atoms with Crippen LogP contribution in [-0.2, 0) is 17.4 Å². The number of aromatic nitrogens is 2. The maximum atomic E-state index is 12.6. The molecule has 0 spiro atoms. The normalized spacial score (nSPS) is 11.3. The molecule has 2 aromatic rings. The molecule has 0 saturated heterocycles. The van der Waals surface area contributed by atoms with E-state index in [4.69, 9.17) is 17.3 Å². The number of carbonyl (C=O) groups is 1. The van der Waals surface area contributed by atoms with Crippen LogP contribution in [0.2, 0.25) is 5.15 Å². The molecule has 1 heterocycles. The van der Waals surface area contributed by atoms with Crippen LogP contribution in [0.25, 0.3) is 0 Å². The quantitative estimate of drug-likeness (QED) is 0.815. The summed E-state index contributed by atoms with van der Waals surface area (Å²) in [6.45, 7) is -0.122. The molecule has 0 saturated carbocycles. The molecule has 1 aromatic heterocycles. The standard InChI is InChI=1S/C14H12ClF3N4O/c15-11-6-12(22-13(19)21-11)20-7-10(23)5-8-2-1-3-9(4-8)14(16,17)18/h1-4,6H,5,7H2,(H3,19,20,21,22). The van der Waals surface area contributed by atoms with E-state index in [-0.39, 0.29) is 41.2 Å². The van der Waals surface area contributed by atoms with E-state index in [1.165, 1.54) is 18.2 Å². The summed E-state index contributed by atoms with van der Waals surface area (Å²) in [5.41, 5.74) is 4.91. The van der Waals surface area contributed by atoms with Gasteiger partial charge in [-0.15, -0.1) is 0 Å². The first-order valence-electron chi connectivity index (χ1n) is 6.46. The van der Waals surface area contributed by atoms with E-state index in [0.717, 1.165) is 12.1 Å². The van der Waals surface area contributed by atoms with E-state index in [9.17, 15) is 18.0 Å². The van der Waals surface area contributed by atoms with E-state index in [1.54, 1.807) is 0 Å². The second kappa shape index (κ2) is 6.82. The van der Waals surface area contributed by atoms with Gasteiger partial charge in [0.2, 0.25) is 5.95 Å². The molecule has 0 aliphatic heterocycles. The average molecular weight is 345 g/mol. The van der Waals surface area contributed by atoms with E-state index < -0.39 is 11.7 Å². The summed E-state index contributed by atoms with van der Waals surface area (Å²) in [6, 6.07) is 6.03. The molecular weight excluding hydrogens is 333 g/mol. The number of halogens is 4. The summed E-state index contributed by atoms with van der Waals surface area (Å²) >= 11 is 5.69. The van der Waals surface area contributed by atoms with Crippen LogP contribution in [0.15, 0.2) is 30.3 Å². The maximum absolute atomic E-state index is 12.6. The highest BCUT2D eigenvalue weighted by Gasteiger charge is 2.30. The zero-order chi connectivity index (χ0) is 17.0. The first-order chi connectivity index (χ1) is 10.7. The summed E-state index contributed by atoms with van der Waals surface area (Å²) in [7, 11) is 0. The van der Waals surface area contributed by atoms with E-state index in [0.29, 0.717) is 0 Å². The molecule has 122 valence electrons. The van der Waals surface area contributed by atoms with Crippen molar-refractivity contribution in [3.63, 3.8) is 0 Å². The largest absolute Gasteiger partial charge is 0.416 e. The fourth-order valence-electron chi connectivity index (χ4n) is 1.86. The molecular formula is C14H12ClF3N4O. The minimum Gasteiger partial charge on any atom is -0.368 e. The molecule has 0 aliphatic rings. The highest BCUT2D eigenvalue weighted by Crippen LogP contribution is 2.29. The lowest BCUT2D eigenvalue weighted by Crippen LogP contribution is -2.17. The number of nitrogens with one attached hydrogen (secondary N) is 1. The fourth-order valence-corrected chi connectivity index (χ4v) is 2.05. The number of benzene rings is 1. The molecule has 5 nitrogen and oxygen atoms in total. The van der Waals surface area contributed by atoms with E-state index in [2.05, 4.69) is 15.3 Å². The zero-order valence-electron chi connectivity index (χ0n) is 11.7.